The van der Waals surface area contributed by atoms with Gasteiger partial charge in [-0.1, -0.05) is 23.7 Å². The van der Waals surface area contributed by atoms with Crippen molar-refractivity contribution >= 4 is 46.3 Å². The lowest BCUT2D eigenvalue weighted by Gasteiger charge is -2.21. The number of thiophene rings is 1. The number of anilines is 1. The van der Waals surface area contributed by atoms with Gasteiger partial charge in [-0.3, -0.25) is 14.4 Å². The number of benzene rings is 1. The van der Waals surface area contributed by atoms with Crippen molar-refractivity contribution in [2.75, 3.05) is 32.5 Å². The van der Waals surface area contributed by atoms with Crippen LogP contribution in [0.4, 0.5) is 5.69 Å². The summed E-state index contributed by atoms with van der Waals surface area (Å²) in [5, 5.41) is 4.98. The summed E-state index contributed by atoms with van der Waals surface area (Å²) in [6.45, 7) is -0.218. The average Bonchev–Trinajstić information content (AvgIpc) is 3.08. The highest BCUT2D eigenvalue weighted by Crippen LogP contribution is 2.15. The molecule has 0 spiro atoms. The van der Waals surface area contributed by atoms with Gasteiger partial charge in [-0.05, 0) is 29.6 Å². The lowest BCUT2D eigenvalue weighted by Crippen LogP contribution is -2.42. The van der Waals surface area contributed by atoms with E-state index in [0.717, 1.165) is 0 Å². The molecule has 2 rings (SSSR count). The quantitative estimate of drug-likeness (QED) is 0.838. The lowest BCUT2D eigenvalue weighted by molar-refractivity contribution is -0.133. The van der Waals surface area contributed by atoms with Gasteiger partial charge in [0, 0.05) is 24.8 Å². The molecular formula is C17H18ClN3O3S. The van der Waals surface area contributed by atoms with Crippen molar-refractivity contribution in [1.29, 1.82) is 0 Å². The minimum Gasteiger partial charge on any atom is -0.335 e. The van der Waals surface area contributed by atoms with E-state index < -0.39 is 0 Å². The summed E-state index contributed by atoms with van der Waals surface area (Å²) in [5.41, 5.74) is 0.559. The van der Waals surface area contributed by atoms with Crippen LogP contribution in [0.15, 0.2) is 41.8 Å². The van der Waals surface area contributed by atoms with Crippen LogP contribution in [-0.4, -0.2) is 54.7 Å². The molecule has 0 aliphatic heterocycles. The molecule has 25 heavy (non-hydrogen) atoms. The molecule has 0 aliphatic carbocycles. The molecule has 0 bridgehead atoms. The normalized spacial score (nSPS) is 10.2. The molecule has 0 radical (unpaired) electrons. The second kappa shape index (κ2) is 8.64. The third-order valence-corrected chi connectivity index (χ3v) is 4.46. The van der Waals surface area contributed by atoms with Gasteiger partial charge in [0.1, 0.15) is 0 Å². The largest absolute Gasteiger partial charge is 0.335 e. The van der Waals surface area contributed by atoms with E-state index in [9.17, 15) is 14.4 Å². The van der Waals surface area contributed by atoms with Crippen LogP contribution in [0.25, 0.3) is 0 Å². The number of carbonyl (C=O) groups is 3. The molecule has 0 fully saturated rings. The smallest absolute Gasteiger partial charge is 0.264 e. The first kappa shape index (κ1) is 19.0. The summed E-state index contributed by atoms with van der Waals surface area (Å²) in [6.07, 6.45) is 0. The summed E-state index contributed by atoms with van der Waals surface area (Å²) in [4.78, 5) is 39.5. The van der Waals surface area contributed by atoms with Crippen LogP contribution in [0, 0.1) is 0 Å². The minimum atomic E-state index is -0.342. The van der Waals surface area contributed by atoms with E-state index >= 15 is 0 Å². The Balaban J connectivity index is 1.85. The third-order valence-electron chi connectivity index (χ3n) is 3.37. The van der Waals surface area contributed by atoms with Crippen molar-refractivity contribution in [3.63, 3.8) is 0 Å². The number of rotatable bonds is 6. The van der Waals surface area contributed by atoms with Gasteiger partial charge in [-0.15, -0.1) is 11.3 Å². The molecule has 0 unspecified atom stereocenters. The number of nitrogens with zero attached hydrogens (tertiary/aromatic N) is 2. The van der Waals surface area contributed by atoms with Crippen molar-refractivity contribution in [1.82, 2.24) is 9.80 Å². The van der Waals surface area contributed by atoms with Crippen LogP contribution in [0.5, 0.6) is 0 Å². The van der Waals surface area contributed by atoms with Crippen LogP contribution < -0.4 is 5.32 Å². The van der Waals surface area contributed by atoms with Crippen LogP contribution >= 0.6 is 22.9 Å². The van der Waals surface area contributed by atoms with Gasteiger partial charge >= 0.3 is 0 Å². The Labute approximate surface area is 155 Å². The van der Waals surface area contributed by atoms with Crippen LogP contribution in [0.1, 0.15) is 9.67 Å². The van der Waals surface area contributed by atoms with E-state index in [0.29, 0.717) is 15.6 Å². The van der Waals surface area contributed by atoms with Crippen molar-refractivity contribution in [2.45, 2.75) is 0 Å². The molecule has 2 aromatic rings. The molecule has 1 aromatic carbocycles. The monoisotopic (exact) mass is 379 g/mol. The molecule has 8 heteroatoms. The lowest BCUT2D eigenvalue weighted by atomic mass is 10.3. The van der Waals surface area contributed by atoms with Crippen molar-refractivity contribution in [3.8, 4) is 0 Å². The van der Waals surface area contributed by atoms with Gasteiger partial charge < -0.3 is 15.1 Å². The van der Waals surface area contributed by atoms with E-state index in [1.807, 2.05) is 0 Å². The molecule has 1 N–H and O–H groups in total. The summed E-state index contributed by atoms with van der Waals surface area (Å²) >= 11 is 7.18. The van der Waals surface area contributed by atoms with Gasteiger partial charge in [0.15, 0.2) is 0 Å². The Bertz CT molecular complexity index is 764. The number of hydrogen-bond acceptors (Lipinski definition) is 4. The topological polar surface area (TPSA) is 69.7 Å². The fraction of sp³-hybridized carbons (Fsp3) is 0.235. The summed E-state index contributed by atoms with van der Waals surface area (Å²) in [5.74, 6) is -0.890. The fourth-order valence-corrected chi connectivity index (χ4v) is 2.96. The van der Waals surface area contributed by atoms with E-state index in [1.54, 1.807) is 48.8 Å². The maximum Gasteiger partial charge on any atom is 0.264 e. The zero-order valence-corrected chi connectivity index (χ0v) is 15.4. The average molecular weight is 380 g/mol. The minimum absolute atomic E-state index is 0.0995. The SMILES string of the molecule is CN(CC(=O)Nc1cccc(Cl)c1)C(=O)CN(C)C(=O)c1cccs1. The van der Waals surface area contributed by atoms with Crippen LogP contribution in [0.2, 0.25) is 5.02 Å². The van der Waals surface area contributed by atoms with Crippen molar-refractivity contribution in [3.05, 3.63) is 51.7 Å². The molecule has 1 heterocycles. The maximum absolute atomic E-state index is 12.2. The third kappa shape index (κ3) is 5.58. The second-order valence-electron chi connectivity index (χ2n) is 5.45. The highest BCUT2D eigenvalue weighted by Gasteiger charge is 2.19. The Morgan fingerprint density at radius 1 is 1.08 bits per heavy atom. The van der Waals surface area contributed by atoms with E-state index in [2.05, 4.69) is 5.32 Å². The Morgan fingerprint density at radius 2 is 1.84 bits per heavy atom. The number of carbonyl (C=O) groups excluding carboxylic acids is 3. The van der Waals surface area contributed by atoms with Gasteiger partial charge in [-0.2, -0.15) is 0 Å². The second-order valence-corrected chi connectivity index (χ2v) is 6.83. The van der Waals surface area contributed by atoms with Gasteiger partial charge in [-0.25, -0.2) is 0 Å². The standard InChI is InChI=1S/C17H18ClN3O3S/c1-20(10-15(22)19-13-6-3-5-12(18)9-13)16(23)11-21(2)17(24)14-7-4-8-25-14/h3-9H,10-11H2,1-2H3,(H,19,22). The summed E-state index contributed by atoms with van der Waals surface area (Å²) in [6, 6.07) is 10.2. The van der Waals surface area contributed by atoms with Gasteiger partial charge in [0.2, 0.25) is 11.8 Å². The Hall–Kier alpha value is -2.38. The number of nitrogens with one attached hydrogen (secondary N) is 1. The zero-order chi connectivity index (χ0) is 18.4. The molecule has 0 saturated heterocycles. The van der Waals surface area contributed by atoms with Gasteiger partial charge in [0.05, 0.1) is 18.0 Å². The predicted molar refractivity (Wildman–Crippen MR) is 99.0 cm³/mol. The number of amides is 3. The first-order chi connectivity index (χ1) is 11.9. The maximum atomic E-state index is 12.2. The summed E-state index contributed by atoms with van der Waals surface area (Å²) < 4.78 is 0. The molecule has 0 aliphatic rings. The van der Waals surface area contributed by atoms with Crippen LogP contribution in [0.3, 0.4) is 0 Å². The molecule has 0 saturated carbocycles. The van der Waals surface area contributed by atoms with Gasteiger partial charge in [0.25, 0.3) is 5.91 Å². The molecule has 132 valence electrons. The Kier molecular flexibility index (Phi) is 6.55. The zero-order valence-electron chi connectivity index (χ0n) is 13.9. The van der Waals surface area contributed by atoms with E-state index in [4.69, 9.17) is 11.6 Å². The fourth-order valence-electron chi connectivity index (χ4n) is 2.05. The molecule has 0 atom stereocenters. The van der Waals surface area contributed by atoms with E-state index in [1.165, 1.54) is 28.2 Å². The molecular weight excluding hydrogens is 362 g/mol. The van der Waals surface area contributed by atoms with Crippen molar-refractivity contribution in [2.24, 2.45) is 0 Å². The predicted octanol–water partition coefficient (Wildman–Crippen LogP) is 2.57. The first-order valence-electron chi connectivity index (χ1n) is 7.45. The molecule has 1 aromatic heterocycles. The highest BCUT2D eigenvalue weighted by molar-refractivity contribution is 7.12. The van der Waals surface area contributed by atoms with E-state index in [-0.39, 0.29) is 30.8 Å². The first-order valence-corrected chi connectivity index (χ1v) is 8.71. The number of hydrogen-bond donors (Lipinski definition) is 1. The highest BCUT2D eigenvalue weighted by atomic mass is 35.5. The molecule has 3 amide bonds. The van der Waals surface area contributed by atoms with Crippen molar-refractivity contribution < 1.29 is 14.4 Å². The number of halogens is 1. The summed E-state index contributed by atoms with van der Waals surface area (Å²) in [7, 11) is 3.07. The van der Waals surface area contributed by atoms with Crippen LogP contribution in [-0.2, 0) is 9.59 Å². The molecule has 6 nitrogen and oxygen atoms in total. The number of likely N-dealkylation sites (N-methyl/N-ethyl adjacent to an activating group) is 2. The Morgan fingerprint density at radius 3 is 2.48 bits per heavy atom.